The van der Waals surface area contributed by atoms with Gasteiger partial charge >= 0.3 is 0 Å². The Morgan fingerprint density at radius 3 is 2.80 bits per heavy atom. The van der Waals surface area contributed by atoms with Gasteiger partial charge in [-0.3, -0.25) is 4.79 Å². The summed E-state index contributed by atoms with van der Waals surface area (Å²) in [5.41, 5.74) is 3.59. The van der Waals surface area contributed by atoms with Gasteiger partial charge in [-0.15, -0.1) is 11.6 Å². The molecule has 2 unspecified atom stereocenters. The van der Waals surface area contributed by atoms with E-state index in [1.165, 1.54) is 36.8 Å². The molecule has 1 saturated carbocycles. The number of hydrogen-bond donors (Lipinski definition) is 1. The third kappa shape index (κ3) is 2.85. The van der Waals surface area contributed by atoms with Gasteiger partial charge in [-0.2, -0.15) is 0 Å². The highest BCUT2D eigenvalue weighted by molar-refractivity contribution is 6.18. The van der Waals surface area contributed by atoms with Crippen molar-refractivity contribution in [3.05, 3.63) is 34.9 Å². The summed E-state index contributed by atoms with van der Waals surface area (Å²) >= 11 is 5.99. The predicted octanol–water partition coefficient (Wildman–Crippen LogP) is 3.56. The van der Waals surface area contributed by atoms with Crippen molar-refractivity contribution in [3.8, 4) is 0 Å². The molecule has 20 heavy (non-hydrogen) atoms. The first kappa shape index (κ1) is 13.9. The van der Waals surface area contributed by atoms with E-state index < -0.39 is 0 Å². The normalized spacial score (nSPS) is 24.6. The molecule has 108 valence electrons. The molecule has 1 amide bonds. The van der Waals surface area contributed by atoms with Gasteiger partial charge in [0.05, 0.1) is 0 Å². The molecule has 2 aliphatic carbocycles. The maximum absolute atomic E-state index is 12.3. The van der Waals surface area contributed by atoms with Crippen molar-refractivity contribution in [1.82, 2.24) is 5.32 Å². The van der Waals surface area contributed by atoms with Gasteiger partial charge in [-0.1, -0.05) is 12.5 Å². The van der Waals surface area contributed by atoms with E-state index >= 15 is 0 Å². The second-order valence-corrected chi connectivity index (χ2v) is 6.46. The Morgan fingerprint density at radius 2 is 1.95 bits per heavy atom. The van der Waals surface area contributed by atoms with E-state index in [-0.39, 0.29) is 5.91 Å². The molecule has 0 spiro atoms. The molecule has 3 heteroatoms. The Labute approximate surface area is 125 Å². The molecule has 0 heterocycles. The Kier molecular flexibility index (Phi) is 4.30. The maximum Gasteiger partial charge on any atom is 0.251 e. The lowest BCUT2D eigenvalue weighted by Crippen LogP contribution is -2.31. The van der Waals surface area contributed by atoms with Gasteiger partial charge < -0.3 is 5.32 Å². The summed E-state index contributed by atoms with van der Waals surface area (Å²) < 4.78 is 0. The van der Waals surface area contributed by atoms with Crippen LogP contribution in [0.25, 0.3) is 0 Å². The van der Waals surface area contributed by atoms with Gasteiger partial charge in [-0.05, 0) is 67.2 Å². The quantitative estimate of drug-likeness (QED) is 0.845. The molecule has 0 saturated heterocycles. The zero-order chi connectivity index (χ0) is 13.9. The van der Waals surface area contributed by atoms with Crippen molar-refractivity contribution in [2.24, 2.45) is 11.8 Å². The topological polar surface area (TPSA) is 29.1 Å². The number of carbonyl (C=O) groups excluding carboxylic acids is 1. The minimum atomic E-state index is 0.0694. The van der Waals surface area contributed by atoms with E-state index in [1.807, 2.05) is 6.07 Å². The number of fused-ring (bicyclic) bond motifs is 1. The molecule has 1 N–H and O–H groups in total. The van der Waals surface area contributed by atoms with Gasteiger partial charge in [0.1, 0.15) is 0 Å². The van der Waals surface area contributed by atoms with Crippen LogP contribution >= 0.6 is 11.6 Å². The summed E-state index contributed by atoms with van der Waals surface area (Å²) in [7, 11) is 0. The Morgan fingerprint density at radius 1 is 1.15 bits per heavy atom. The summed E-state index contributed by atoms with van der Waals surface area (Å²) in [6, 6.07) is 6.16. The molecular formula is C17H22ClNO. The van der Waals surface area contributed by atoms with Gasteiger partial charge in [0.15, 0.2) is 0 Å². The Balaban J connectivity index is 1.59. The second-order valence-electron chi connectivity index (χ2n) is 6.15. The number of carbonyl (C=O) groups is 1. The number of nitrogens with one attached hydrogen (secondary N) is 1. The molecule has 1 aromatic rings. The lowest BCUT2D eigenvalue weighted by Gasteiger charge is -2.17. The molecule has 0 radical (unpaired) electrons. The van der Waals surface area contributed by atoms with Crippen LogP contribution in [0.15, 0.2) is 18.2 Å². The first-order valence-corrected chi connectivity index (χ1v) is 8.27. The molecule has 2 nitrogen and oxygen atoms in total. The molecule has 2 aliphatic rings. The van der Waals surface area contributed by atoms with Crippen LogP contribution in [0.4, 0.5) is 0 Å². The summed E-state index contributed by atoms with van der Waals surface area (Å²) in [6.07, 6.45) is 7.16. The molecule has 0 aromatic heterocycles. The maximum atomic E-state index is 12.3. The average molecular weight is 292 g/mol. The molecule has 0 aliphatic heterocycles. The van der Waals surface area contributed by atoms with Crippen molar-refractivity contribution in [2.75, 3.05) is 12.4 Å². The number of hydrogen-bond acceptors (Lipinski definition) is 1. The fraction of sp³-hybridized carbons (Fsp3) is 0.588. The minimum Gasteiger partial charge on any atom is -0.352 e. The van der Waals surface area contributed by atoms with Gasteiger partial charge in [0.25, 0.3) is 5.91 Å². The molecule has 2 atom stereocenters. The van der Waals surface area contributed by atoms with Crippen LogP contribution in [0.3, 0.4) is 0 Å². The highest BCUT2D eigenvalue weighted by Crippen LogP contribution is 2.32. The number of benzene rings is 1. The first-order valence-electron chi connectivity index (χ1n) is 7.74. The highest BCUT2D eigenvalue weighted by atomic mass is 35.5. The van der Waals surface area contributed by atoms with E-state index in [0.717, 1.165) is 30.8 Å². The van der Waals surface area contributed by atoms with Crippen molar-refractivity contribution in [3.63, 3.8) is 0 Å². The molecule has 0 bridgehead atoms. The van der Waals surface area contributed by atoms with Crippen LogP contribution in [-0.4, -0.2) is 18.3 Å². The Hall–Kier alpha value is -1.02. The van der Waals surface area contributed by atoms with Gasteiger partial charge in [0.2, 0.25) is 0 Å². The monoisotopic (exact) mass is 291 g/mol. The second kappa shape index (κ2) is 6.17. The largest absolute Gasteiger partial charge is 0.352 e. The SMILES string of the molecule is O=C(NCC1CCCC1CCl)c1ccc2c(c1)CCC2. The summed E-state index contributed by atoms with van der Waals surface area (Å²) in [5.74, 6) is 1.93. The highest BCUT2D eigenvalue weighted by Gasteiger charge is 2.26. The third-order valence-electron chi connectivity index (χ3n) is 4.90. The summed E-state index contributed by atoms with van der Waals surface area (Å²) in [6.45, 7) is 0.771. The lowest BCUT2D eigenvalue weighted by molar-refractivity contribution is 0.0944. The number of rotatable bonds is 4. The van der Waals surface area contributed by atoms with E-state index in [0.29, 0.717) is 11.8 Å². The van der Waals surface area contributed by atoms with Crippen LogP contribution in [0.2, 0.25) is 0 Å². The van der Waals surface area contributed by atoms with Crippen molar-refractivity contribution in [1.29, 1.82) is 0 Å². The Bertz CT molecular complexity index is 500. The summed E-state index contributed by atoms with van der Waals surface area (Å²) in [5, 5.41) is 3.10. The third-order valence-corrected chi connectivity index (χ3v) is 5.30. The van der Waals surface area contributed by atoms with Gasteiger partial charge in [0, 0.05) is 18.0 Å². The van der Waals surface area contributed by atoms with Crippen molar-refractivity contribution < 1.29 is 4.79 Å². The van der Waals surface area contributed by atoms with Crippen LogP contribution in [0.5, 0.6) is 0 Å². The fourth-order valence-corrected chi connectivity index (χ4v) is 4.03. The van der Waals surface area contributed by atoms with Crippen LogP contribution in [-0.2, 0) is 12.8 Å². The van der Waals surface area contributed by atoms with Crippen molar-refractivity contribution >= 4 is 17.5 Å². The smallest absolute Gasteiger partial charge is 0.251 e. The lowest BCUT2D eigenvalue weighted by atomic mass is 9.98. The molecule has 1 aromatic carbocycles. The van der Waals surface area contributed by atoms with Crippen LogP contribution in [0.1, 0.15) is 47.2 Å². The average Bonchev–Trinajstić information content (AvgIpc) is 3.12. The zero-order valence-corrected chi connectivity index (χ0v) is 12.6. The minimum absolute atomic E-state index is 0.0694. The van der Waals surface area contributed by atoms with E-state index in [9.17, 15) is 4.79 Å². The molecule has 3 rings (SSSR count). The van der Waals surface area contributed by atoms with Gasteiger partial charge in [-0.25, -0.2) is 0 Å². The number of halogens is 1. The number of amides is 1. The zero-order valence-electron chi connectivity index (χ0n) is 11.8. The van der Waals surface area contributed by atoms with Crippen LogP contribution in [0, 0.1) is 11.8 Å². The van der Waals surface area contributed by atoms with E-state index in [1.54, 1.807) is 0 Å². The standard InChI is InChI=1S/C17H22ClNO/c18-10-15-5-2-6-16(15)11-19-17(20)14-8-7-12-3-1-4-13(12)9-14/h7-9,15-16H,1-6,10-11H2,(H,19,20). The van der Waals surface area contributed by atoms with E-state index in [2.05, 4.69) is 17.4 Å². The van der Waals surface area contributed by atoms with E-state index in [4.69, 9.17) is 11.6 Å². The summed E-state index contributed by atoms with van der Waals surface area (Å²) in [4.78, 5) is 12.3. The van der Waals surface area contributed by atoms with Crippen molar-refractivity contribution in [2.45, 2.75) is 38.5 Å². The first-order chi connectivity index (χ1) is 9.78. The number of aryl methyl sites for hydroxylation is 2. The molecule has 1 fully saturated rings. The number of alkyl halides is 1. The van der Waals surface area contributed by atoms with Crippen LogP contribution < -0.4 is 5.32 Å². The fourth-order valence-electron chi connectivity index (χ4n) is 3.62. The predicted molar refractivity (Wildman–Crippen MR) is 82.4 cm³/mol. The molecular weight excluding hydrogens is 270 g/mol.